The average molecular weight is 486 g/mol. The Hall–Kier alpha value is -2.86. The van der Waals surface area contributed by atoms with Crippen LogP contribution in [0.25, 0.3) is 0 Å². The molecule has 1 fully saturated rings. The number of carbonyl (C=O) groups is 2. The fourth-order valence-corrected chi connectivity index (χ4v) is 5.29. The van der Waals surface area contributed by atoms with Crippen LogP contribution in [0.3, 0.4) is 0 Å². The Bertz CT molecular complexity index is 1210. The maximum Gasteiger partial charge on any atom is 0.198 e. The van der Waals surface area contributed by atoms with Gasteiger partial charge in [0.05, 0.1) is 41.6 Å². The first-order valence-electron chi connectivity index (χ1n) is 11.4. The van der Waals surface area contributed by atoms with Gasteiger partial charge in [0.1, 0.15) is 17.6 Å². The van der Waals surface area contributed by atoms with Gasteiger partial charge in [0.15, 0.2) is 17.9 Å². The van der Waals surface area contributed by atoms with Crippen LogP contribution in [0.5, 0.6) is 11.5 Å². The molecule has 0 aromatic heterocycles. The predicted molar refractivity (Wildman–Crippen MR) is 118 cm³/mol. The Morgan fingerprint density at radius 3 is 2.23 bits per heavy atom. The number of aromatic hydroxyl groups is 2. The lowest BCUT2D eigenvalue weighted by atomic mass is 9.73. The van der Waals surface area contributed by atoms with Gasteiger partial charge in [-0.1, -0.05) is 24.3 Å². The molecule has 0 amide bonds. The molecule has 35 heavy (non-hydrogen) atoms. The molecule has 1 aliphatic heterocycles. The van der Waals surface area contributed by atoms with Crippen molar-refractivity contribution in [3.63, 3.8) is 0 Å². The summed E-state index contributed by atoms with van der Waals surface area (Å²) in [6, 6.07) is 6.07. The van der Waals surface area contributed by atoms with E-state index < -0.39 is 66.0 Å². The maximum absolute atomic E-state index is 13.3. The number of carbonyl (C=O) groups excluding carboxylic acids is 2. The van der Waals surface area contributed by atoms with Gasteiger partial charge in [0.25, 0.3) is 0 Å². The van der Waals surface area contributed by atoms with Gasteiger partial charge in [0.2, 0.25) is 0 Å². The van der Waals surface area contributed by atoms with Crippen LogP contribution < -0.4 is 0 Å². The van der Waals surface area contributed by atoms with Crippen molar-refractivity contribution in [2.24, 2.45) is 0 Å². The second kappa shape index (κ2) is 8.37. The lowest BCUT2D eigenvalue weighted by molar-refractivity contribution is -0.267. The molecule has 186 valence electrons. The predicted octanol–water partition coefficient (Wildman–Crippen LogP) is 0.457. The van der Waals surface area contributed by atoms with E-state index in [0.29, 0.717) is 0 Å². The number of hydrogen-bond acceptors (Lipinski definition) is 10. The van der Waals surface area contributed by atoms with E-state index in [1.165, 1.54) is 12.1 Å². The topological polar surface area (TPSA) is 174 Å². The van der Waals surface area contributed by atoms with Crippen LogP contribution in [0, 0.1) is 0 Å². The fourth-order valence-electron chi connectivity index (χ4n) is 5.29. The molecule has 0 radical (unpaired) electrons. The molecular weight excluding hydrogens is 460 g/mol. The standard InChI is InChI=1S/C25H26O10/c1-10-20(28)14(27)6-16(34-10)35-15-8-25(33,9-26)7-13-17(15)24(32)19-18(23(13)31)21(29)11-4-2-3-5-12(11)22(19)30/h2-5,10,14-16,20,26-28,31-33H,6-9H2,1H3/t10-,14-,15-,16-,20+,25-/m0/s1. The molecule has 0 spiro atoms. The quantitative estimate of drug-likeness (QED) is 0.285. The summed E-state index contributed by atoms with van der Waals surface area (Å²) in [5, 5.41) is 63.3. The minimum Gasteiger partial charge on any atom is -0.507 e. The molecule has 0 unspecified atom stereocenters. The summed E-state index contributed by atoms with van der Waals surface area (Å²) in [6.45, 7) is 0.840. The molecule has 3 aliphatic rings. The number of aliphatic hydroxyl groups is 4. The van der Waals surface area contributed by atoms with Crippen molar-refractivity contribution in [3.8, 4) is 11.5 Å². The molecule has 5 rings (SSSR count). The van der Waals surface area contributed by atoms with Crippen molar-refractivity contribution in [2.45, 2.75) is 62.5 Å². The molecular formula is C25H26O10. The number of aliphatic hydroxyl groups excluding tert-OH is 3. The third kappa shape index (κ3) is 3.65. The Morgan fingerprint density at radius 1 is 1.06 bits per heavy atom. The Kier molecular flexibility index (Phi) is 5.71. The summed E-state index contributed by atoms with van der Waals surface area (Å²) in [5.41, 5.74) is -2.36. The zero-order valence-corrected chi connectivity index (χ0v) is 18.8. The number of rotatable bonds is 3. The molecule has 6 N–H and O–H groups in total. The SMILES string of the molecule is C[C@@H]1O[C@@H](O[C@H]2C[C@](O)(CO)Cc3c(O)c4c(c(O)c32)C(=O)c2ccccc2C4=O)C[C@H](O)[C@@H]1O. The van der Waals surface area contributed by atoms with E-state index in [1.807, 2.05) is 0 Å². The third-order valence-electron chi connectivity index (χ3n) is 7.14. The maximum atomic E-state index is 13.3. The zero-order chi connectivity index (χ0) is 25.2. The summed E-state index contributed by atoms with van der Waals surface area (Å²) < 4.78 is 11.6. The van der Waals surface area contributed by atoms with Gasteiger partial charge in [-0.25, -0.2) is 0 Å². The number of phenolic OH excluding ortho intramolecular Hbond substituents is 2. The first-order valence-corrected chi connectivity index (χ1v) is 11.4. The Labute approximate surface area is 200 Å². The molecule has 0 bridgehead atoms. The molecule has 2 aromatic rings. The Balaban J connectivity index is 1.64. The fraction of sp³-hybridized carbons (Fsp3) is 0.440. The van der Waals surface area contributed by atoms with Gasteiger partial charge in [-0.15, -0.1) is 0 Å². The van der Waals surface area contributed by atoms with E-state index in [1.54, 1.807) is 19.1 Å². The highest BCUT2D eigenvalue weighted by Gasteiger charge is 2.47. The minimum absolute atomic E-state index is 0.00299. The van der Waals surface area contributed by atoms with Crippen LogP contribution in [0.4, 0.5) is 0 Å². The highest BCUT2D eigenvalue weighted by Crippen LogP contribution is 2.51. The minimum atomic E-state index is -1.77. The average Bonchev–Trinajstić information content (AvgIpc) is 2.83. The summed E-state index contributed by atoms with van der Waals surface area (Å²) in [6.07, 6.45) is -5.93. The van der Waals surface area contributed by atoms with Crippen LogP contribution in [-0.4, -0.2) is 79.0 Å². The molecule has 2 aliphatic carbocycles. The van der Waals surface area contributed by atoms with Gasteiger partial charge in [0, 0.05) is 41.5 Å². The van der Waals surface area contributed by atoms with Crippen molar-refractivity contribution >= 4 is 11.6 Å². The highest BCUT2D eigenvalue weighted by atomic mass is 16.7. The van der Waals surface area contributed by atoms with Gasteiger partial charge in [-0.3, -0.25) is 9.59 Å². The third-order valence-corrected chi connectivity index (χ3v) is 7.14. The largest absolute Gasteiger partial charge is 0.507 e. The molecule has 10 heteroatoms. The van der Waals surface area contributed by atoms with Crippen LogP contribution >= 0.6 is 0 Å². The summed E-state index contributed by atoms with van der Waals surface area (Å²) >= 11 is 0. The first kappa shape index (κ1) is 23.9. The van der Waals surface area contributed by atoms with Gasteiger partial charge < -0.3 is 40.1 Å². The van der Waals surface area contributed by atoms with Crippen molar-refractivity contribution in [1.29, 1.82) is 0 Å². The summed E-state index contributed by atoms with van der Waals surface area (Å²) in [7, 11) is 0. The summed E-state index contributed by atoms with van der Waals surface area (Å²) in [4.78, 5) is 26.5. The van der Waals surface area contributed by atoms with Crippen LogP contribution in [0.1, 0.15) is 68.8 Å². The van der Waals surface area contributed by atoms with E-state index in [2.05, 4.69) is 0 Å². The van der Waals surface area contributed by atoms with Gasteiger partial charge >= 0.3 is 0 Å². The second-order valence-electron chi connectivity index (χ2n) is 9.50. The normalized spacial score (nSPS) is 32.1. The van der Waals surface area contributed by atoms with Crippen LogP contribution in [0.15, 0.2) is 24.3 Å². The molecule has 1 saturated heterocycles. The van der Waals surface area contributed by atoms with Crippen molar-refractivity contribution in [3.05, 3.63) is 57.6 Å². The number of fused-ring (bicyclic) bond motifs is 3. The number of ether oxygens (including phenoxy) is 2. The second-order valence-corrected chi connectivity index (χ2v) is 9.50. The lowest BCUT2D eigenvalue weighted by Crippen LogP contribution is -2.49. The number of benzene rings is 2. The molecule has 1 heterocycles. The first-order chi connectivity index (χ1) is 16.6. The van der Waals surface area contributed by atoms with E-state index in [-0.39, 0.29) is 52.6 Å². The van der Waals surface area contributed by atoms with Crippen LogP contribution in [-0.2, 0) is 15.9 Å². The van der Waals surface area contributed by atoms with E-state index in [4.69, 9.17) is 9.47 Å². The smallest absolute Gasteiger partial charge is 0.198 e. The van der Waals surface area contributed by atoms with Crippen molar-refractivity contribution < 1.29 is 49.7 Å². The van der Waals surface area contributed by atoms with E-state index in [9.17, 15) is 40.2 Å². The highest BCUT2D eigenvalue weighted by molar-refractivity contribution is 6.30. The molecule has 2 aromatic carbocycles. The van der Waals surface area contributed by atoms with Gasteiger partial charge in [-0.2, -0.15) is 0 Å². The zero-order valence-electron chi connectivity index (χ0n) is 18.8. The number of hydrogen-bond donors (Lipinski definition) is 6. The van der Waals surface area contributed by atoms with Crippen molar-refractivity contribution in [2.75, 3.05) is 6.61 Å². The van der Waals surface area contributed by atoms with E-state index >= 15 is 0 Å². The van der Waals surface area contributed by atoms with Gasteiger partial charge in [-0.05, 0) is 6.92 Å². The monoisotopic (exact) mass is 486 g/mol. The lowest BCUT2D eigenvalue weighted by Gasteiger charge is -2.42. The summed E-state index contributed by atoms with van der Waals surface area (Å²) in [5.74, 6) is -2.43. The van der Waals surface area contributed by atoms with Crippen LogP contribution in [0.2, 0.25) is 0 Å². The Morgan fingerprint density at radius 2 is 1.66 bits per heavy atom. The number of phenols is 2. The van der Waals surface area contributed by atoms with Crippen molar-refractivity contribution in [1.82, 2.24) is 0 Å². The molecule has 10 nitrogen and oxygen atoms in total. The van der Waals surface area contributed by atoms with E-state index in [0.717, 1.165) is 0 Å². The molecule has 0 saturated carbocycles. The molecule has 6 atom stereocenters. The number of ketones is 2.